The van der Waals surface area contributed by atoms with Gasteiger partial charge in [-0.2, -0.15) is 0 Å². The number of aromatic nitrogens is 2. The van der Waals surface area contributed by atoms with E-state index in [2.05, 4.69) is 25.9 Å². The molecule has 0 saturated heterocycles. The third kappa shape index (κ3) is 1.75. The molecule has 0 amide bonds. The van der Waals surface area contributed by atoms with Gasteiger partial charge in [-0.25, -0.2) is 4.98 Å². The average Bonchev–Trinajstić information content (AvgIpc) is 2.20. The summed E-state index contributed by atoms with van der Waals surface area (Å²) in [6, 6.07) is 7.86. The zero-order valence-electron chi connectivity index (χ0n) is 6.81. The molecule has 64 valence electrons. The smallest absolute Gasteiger partial charge is 0.113 e. The predicted molar refractivity (Wildman–Crippen MR) is 55.2 cm³/mol. The maximum absolute atomic E-state index is 4.15. The van der Waals surface area contributed by atoms with E-state index in [9.17, 15) is 0 Å². The quantitative estimate of drug-likeness (QED) is 0.710. The highest BCUT2D eigenvalue weighted by molar-refractivity contribution is 9.10. The van der Waals surface area contributed by atoms with Crippen LogP contribution in [0.1, 0.15) is 0 Å². The van der Waals surface area contributed by atoms with Crippen molar-refractivity contribution in [3.05, 3.63) is 47.5 Å². The van der Waals surface area contributed by atoms with E-state index in [1.807, 2.05) is 24.3 Å². The van der Waals surface area contributed by atoms with Gasteiger partial charge in [-0.1, -0.05) is 6.07 Å². The summed E-state index contributed by atoms with van der Waals surface area (Å²) in [5.74, 6) is 0. The van der Waals surface area contributed by atoms with Gasteiger partial charge in [-0.15, -0.1) is 0 Å². The van der Waals surface area contributed by atoms with Crippen LogP contribution in [0.25, 0.3) is 11.1 Å². The summed E-state index contributed by atoms with van der Waals surface area (Å²) < 4.78 is 0.862. The fourth-order valence-corrected chi connectivity index (χ4v) is 1.61. The van der Waals surface area contributed by atoms with E-state index in [0.29, 0.717) is 0 Å². The Labute approximate surface area is 84.8 Å². The molecule has 0 atom stereocenters. The summed E-state index contributed by atoms with van der Waals surface area (Å²) in [4.78, 5) is 8.12. The second kappa shape index (κ2) is 3.66. The topological polar surface area (TPSA) is 25.8 Å². The van der Waals surface area contributed by atoms with Gasteiger partial charge in [0.2, 0.25) is 0 Å². The zero-order chi connectivity index (χ0) is 9.10. The van der Waals surface area contributed by atoms with Crippen LogP contribution in [-0.2, 0) is 0 Å². The number of rotatable bonds is 1. The predicted octanol–water partition coefficient (Wildman–Crippen LogP) is 2.91. The molecule has 0 saturated carbocycles. The molecule has 2 aromatic heterocycles. The van der Waals surface area contributed by atoms with Gasteiger partial charge in [0.15, 0.2) is 0 Å². The number of hydrogen-bond acceptors (Lipinski definition) is 2. The van der Waals surface area contributed by atoms with Crippen LogP contribution in [0.3, 0.4) is 0 Å². The molecule has 0 spiro atoms. The molecule has 0 aliphatic carbocycles. The minimum absolute atomic E-state index is 0.862. The lowest BCUT2D eigenvalue weighted by Gasteiger charge is -2.01. The van der Waals surface area contributed by atoms with Crippen LogP contribution in [0, 0.1) is 0 Å². The standard InChI is InChI=1S/C10H7BrN2/c11-10-9(2-1-5-13-10)8-3-6-12-7-4-8/h1-7H. The summed E-state index contributed by atoms with van der Waals surface area (Å²) >= 11 is 3.40. The van der Waals surface area contributed by atoms with Crippen molar-refractivity contribution in [3.8, 4) is 11.1 Å². The minimum atomic E-state index is 0.862. The number of halogens is 1. The Balaban J connectivity index is 2.54. The Bertz CT molecular complexity index is 401. The van der Waals surface area contributed by atoms with E-state index < -0.39 is 0 Å². The van der Waals surface area contributed by atoms with Gasteiger partial charge < -0.3 is 0 Å². The Hall–Kier alpha value is -1.22. The van der Waals surface area contributed by atoms with Crippen molar-refractivity contribution in [2.45, 2.75) is 0 Å². The van der Waals surface area contributed by atoms with Gasteiger partial charge in [-0.3, -0.25) is 4.98 Å². The third-order valence-electron chi connectivity index (χ3n) is 1.75. The summed E-state index contributed by atoms with van der Waals surface area (Å²) in [7, 11) is 0. The summed E-state index contributed by atoms with van der Waals surface area (Å²) in [5, 5.41) is 0. The van der Waals surface area contributed by atoms with Crippen LogP contribution >= 0.6 is 15.9 Å². The Morgan fingerprint density at radius 2 is 1.77 bits per heavy atom. The van der Waals surface area contributed by atoms with Gasteiger partial charge in [0, 0.05) is 24.2 Å². The molecular formula is C10H7BrN2. The van der Waals surface area contributed by atoms with Crippen LogP contribution in [0.15, 0.2) is 47.5 Å². The van der Waals surface area contributed by atoms with Gasteiger partial charge in [0.05, 0.1) is 0 Å². The van der Waals surface area contributed by atoms with Crippen LogP contribution in [0.5, 0.6) is 0 Å². The largest absolute Gasteiger partial charge is 0.265 e. The van der Waals surface area contributed by atoms with Crippen LogP contribution < -0.4 is 0 Å². The molecule has 0 N–H and O–H groups in total. The van der Waals surface area contributed by atoms with Crippen molar-refractivity contribution in [1.29, 1.82) is 0 Å². The highest BCUT2D eigenvalue weighted by atomic mass is 79.9. The molecule has 13 heavy (non-hydrogen) atoms. The zero-order valence-corrected chi connectivity index (χ0v) is 8.40. The molecule has 2 heterocycles. The minimum Gasteiger partial charge on any atom is -0.265 e. The second-order valence-corrected chi connectivity index (χ2v) is 3.33. The van der Waals surface area contributed by atoms with Crippen molar-refractivity contribution in [2.75, 3.05) is 0 Å². The molecule has 0 aliphatic rings. The third-order valence-corrected chi connectivity index (χ3v) is 2.38. The van der Waals surface area contributed by atoms with Crippen molar-refractivity contribution in [3.63, 3.8) is 0 Å². The molecule has 0 radical (unpaired) electrons. The fourth-order valence-electron chi connectivity index (χ4n) is 1.13. The Morgan fingerprint density at radius 3 is 2.46 bits per heavy atom. The number of nitrogens with zero attached hydrogens (tertiary/aromatic N) is 2. The van der Waals surface area contributed by atoms with Crippen LogP contribution in [0.4, 0.5) is 0 Å². The monoisotopic (exact) mass is 234 g/mol. The SMILES string of the molecule is Brc1ncccc1-c1ccncc1. The van der Waals surface area contributed by atoms with E-state index in [0.717, 1.165) is 15.7 Å². The molecule has 0 bridgehead atoms. The molecule has 0 aromatic carbocycles. The lowest BCUT2D eigenvalue weighted by molar-refractivity contribution is 1.27. The van der Waals surface area contributed by atoms with E-state index in [-0.39, 0.29) is 0 Å². The van der Waals surface area contributed by atoms with Crippen molar-refractivity contribution < 1.29 is 0 Å². The van der Waals surface area contributed by atoms with Crippen molar-refractivity contribution in [1.82, 2.24) is 9.97 Å². The summed E-state index contributed by atoms with van der Waals surface area (Å²) in [5.41, 5.74) is 2.21. The van der Waals surface area contributed by atoms with Gasteiger partial charge in [-0.05, 0) is 39.7 Å². The Morgan fingerprint density at radius 1 is 1.00 bits per heavy atom. The number of hydrogen-bond donors (Lipinski definition) is 0. The molecule has 0 aliphatic heterocycles. The highest BCUT2D eigenvalue weighted by Gasteiger charge is 2.00. The Kier molecular flexibility index (Phi) is 2.36. The first-order valence-electron chi connectivity index (χ1n) is 3.89. The normalized spacial score (nSPS) is 9.92. The first-order valence-corrected chi connectivity index (χ1v) is 4.68. The van der Waals surface area contributed by atoms with Gasteiger partial charge >= 0.3 is 0 Å². The molecule has 0 unspecified atom stereocenters. The van der Waals surface area contributed by atoms with Gasteiger partial charge in [0.25, 0.3) is 0 Å². The molecule has 3 heteroatoms. The molecular weight excluding hydrogens is 228 g/mol. The summed E-state index contributed by atoms with van der Waals surface area (Å²) in [6.07, 6.45) is 5.30. The number of pyridine rings is 2. The average molecular weight is 235 g/mol. The summed E-state index contributed by atoms with van der Waals surface area (Å²) in [6.45, 7) is 0. The fraction of sp³-hybridized carbons (Fsp3) is 0. The molecule has 2 nitrogen and oxygen atoms in total. The van der Waals surface area contributed by atoms with Crippen LogP contribution in [0.2, 0.25) is 0 Å². The first-order chi connectivity index (χ1) is 6.38. The van der Waals surface area contributed by atoms with Crippen LogP contribution in [-0.4, -0.2) is 9.97 Å². The first kappa shape index (κ1) is 8.38. The highest BCUT2D eigenvalue weighted by Crippen LogP contribution is 2.24. The second-order valence-electron chi connectivity index (χ2n) is 2.58. The van der Waals surface area contributed by atoms with Crippen molar-refractivity contribution >= 4 is 15.9 Å². The van der Waals surface area contributed by atoms with E-state index in [1.165, 1.54) is 0 Å². The molecule has 0 fully saturated rings. The maximum Gasteiger partial charge on any atom is 0.113 e. The maximum atomic E-state index is 4.15. The lowest BCUT2D eigenvalue weighted by atomic mass is 10.1. The van der Waals surface area contributed by atoms with Gasteiger partial charge in [0.1, 0.15) is 4.60 Å². The lowest BCUT2D eigenvalue weighted by Crippen LogP contribution is -1.82. The van der Waals surface area contributed by atoms with Crippen molar-refractivity contribution in [2.24, 2.45) is 0 Å². The van der Waals surface area contributed by atoms with E-state index in [4.69, 9.17) is 0 Å². The molecule has 2 rings (SSSR count). The van der Waals surface area contributed by atoms with E-state index >= 15 is 0 Å². The van der Waals surface area contributed by atoms with E-state index in [1.54, 1.807) is 18.6 Å². The molecule has 2 aromatic rings.